The first kappa shape index (κ1) is 11.7. The van der Waals surface area contributed by atoms with Crippen LogP contribution in [0.25, 0.3) is 0 Å². The summed E-state index contributed by atoms with van der Waals surface area (Å²) in [6.07, 6.45) is 0. The van der Waals surface area contributed by atoms with Crippen molar-refractivity contribution in [3.63, 3.8) is 0 Å². The van der Waals surface area contributed by atoms with Crippen LogP contribution in [0.3, 0.4) is 0 Å². The van der Waals surface area contributed by atoms with Crippen LogP contribution in [0.15, 0.2) is 18.2 Å². The maximum atomic E-state index is 12.5. The molecule has 0 radical (unpaired) electrons. The Labute approximate surface area is 108 Å². The minimum Gasteiger partial charge on any atom is -0.338 e. The van der Waals surface area contributed by atoms with Crippen molar-refractivity contribution in [1.29, 1.82) is 0 Å². The van der Waals surface area contributed by atoms with Gasteiger partial charge in [0.05, 0.1) is 0 Å². The number of carbonyl (C=O) groups is 1. The number of carbonyl (C=O) groups excluding carboxylic acids is 1. The van der Waals surface area contributed by atoms with E-state index < -0.39 is 0 Å². The summed E-state index contributed by atoms with van der Waals surface area (Å²) in [4.78, 5) is 14.5. The number of benzene rings is 1. The molecule has 2 heterocycles. The van der Waals surface area contributed by atoms with Crippen LogP contribution in [0.1, 0.15) is 21.5 Å². The summed E-state index contributed by atoms with van der Waals surface area (Å²) >= 11 is 0. The summed E-state index contributed by atoms with van der Waals surface area (Å²) in [5, 5.41) is 3.40. The first-order chi connectivity index (χ1) is 8.63. The molecule has 1 aromatic rings. The van der Waals surface area contributed by atoms with Gasteiger partial charge in [-0.15, -0.1) is 0 Å². The molecule has 2 fully saturated rings. The van der Waals surface area contributed by atoms with Crippen LogP contribution < -0.4 is 5.32 Å². The van der Waals surface area contributed by atoms with Crippen molar-refractivity contribution in [1.82, 2.24) is 10.2 Å². The zero-order valence-electron chi connectivity index (χ0n) is 11.1. The van der Waals surface area contributed by atoms with E-state index in [0.29, 0.717) is 11.8 Å². The van der Waals surface area contributed by atoms with Gasteiger partial charge in [-0.2, -0.15) is 0 Å². The predicted molar refractivity (Wildman–Crippen MR) is 71.7 cm³/mol. The lowest BCUT2D eigenvalue weighted by atomic mass is 10.0. The topological polar surface area (TPSA) is 32.3 Å². The molecule has 3 heteroatoms. The molecule has 2 aliphatic heterocycles. The van der Waals surface area contributed by atoms with Gasteiger partial charge < -0.3 is 10.2 Å². The lowest BCUT2D eigenvalue weighted by Gasteiger charge is -2.18. The van der Waals surface area contributed by atoms with Crippen LogP contribution in [0.4, 0.5) is 0 Å². The minimum absolute atomic E-state index is 0.205. The van der Waals surface area contributed by atoms with Gasteiger partial charge in [-0.05, 0) is 37.8 Å². The maximum Gasteiger partial charge on any atom is 0.253 e. The van der Waals surface area contributed by atoms with Crippen molar-refractivity contribution in [2.75, 3.05) is 26.2 Å². The number of fused-ring (bicyclic) bond motifs is 1. The Kier molecular flexibility index (Phi) is 2.86. The van der Waals surface area contributed by atoms with Gasteiger partial charge in [-0.1, -0.05) is 17.2 Å². The number of hydrogen-bond donors (Lipinski definition) is 1. The largest absolute Gasteiger partial charge is 0.338 e. The number of rotatable bonds is 1. The number of nitrogens with zero attached hydrogens (tertiary/aromatic N) is 1. The highest BCUT2D eigenvalue weighted by molar-refractivity contribution is 5.94. The average molecular weight is 244 g/mol. The van der Waals surface area contributed by atoms with Crippen LogP contribution >= 0.6 is 0 Å². The predicted octanol–water partition coefficient (Wildman–Crippen LogP) is 1.59. The number of nitrogens with one attached hydrogen (secondary N) is 1. The van der Waals surface area contributed by atoms with Crippen LogP contribution in [-0.4, -0.2) is 37.0 Å². The molecule has 1 aromatic carbocycles. The molecule has 0 spiro atoms. The Hall–Kier alpha value is -1.35. The van der Waals surface area contributed by atoms with Crippen LogP contribution in [0.2, 0.25) is 0 Å². The first-order valence-corrected chi connectivity index (χ1v) is 6.72. The van der Waals surface area contributed by atoms with E-state index in [0.717, 1.165) is 31.7 Å². The monoisotopic (exact) mass is 244 g/mol. The van der Waals surface area contributed by atoms with E-state index in [9.17, 15) is 4.79 Å². The second kappa shape index (κ2) is 4.39. The van der Waals surface area contributed by atoms with Gasteiger partial charge in [0.1, 0.15) is 0 Å². The SMILES string of the molecule is Cc1cc(C)cc(C(=O)N2C[C@H]3CNC[C@H]3C2)c1. The van der Waals surface area contributed by atoms with Crippen molar-refractivity contribution in [2.24, 2.45) is 11.8 Å². The molecule has 1 N–H and O–H groups in total. The lowest BCUT2D eigenvalue weighted by molar-refractivity contribution is 0.0781. The van der Waals surface area contributed by atoms with E-state index in [1.807, 2.05) is 30.9 Å². The lowest BCUT2D eigenvalue weighted by Crippen LogP contribution is -2.31. The van der Waals surface area contributed by atoms with Crippen molar-refractivity contribution in [3.8, 4) is 0 Å². The van der Waals surface area contributed by atoms with Gasteiger partial charge in [0.2, 0.25) is 0 Å². The molecule has 96 valence electrons. The Bertz CT molecular complexity index is 451. The van der Waals surface area contributed by atoms with Gasteiger partial charge in [-0.3, -0.25) is 4.79 Å². The first-order valence-electron chi connectivity index (χ1n) is 6.72. The average Bonchev–Trinajstić information content (AvgIpc) is 2.86. The fourth-order valence-electron chi connectivity index (χ4n) is 3.30. The molecule has 1 amide bonds. The molecular weight excluding hydrogens is 224 g/mol. The number of likely N-dealkylation sites (tertiary alicyclic amines) is 1. The fourth-order valence-corrected chi connectivity index (χ4v) is 3.30. The third kappa shape index (κ3) is 2.03. The highest BCUT2D eigenvalue weighted by Crippen LogP contribution is 2.27. The summed E-state index contributed by atoms with van der Waals surface area (Å²) < 4.78 is 0. The normalized spacial score (nSPS) is 26.4. The van der Waals surface area contributed by atoms with E-state index in [2.05, 4.69) is 11.4 Å². The molecule has 2 saturated heterocycles. The van der Waals surface area contributed by atoms with Crippen molar-refractivity contribution in [2.45, 2.75) is 13.8 Å². The molecule has 0 aliphatic carbocycles. The van der Waals surface area contributed by atoms with Crippen LogP contribution in [0, 0.1) is 25.7 Å². The number of aryl methyl sites for hydroxylation is 2. The Morgan fingerprint density at radius 3 is 2.22 bits per heavy atom. The third-order valence-corrected chi connectivity index (χ3v) is 4.15. The van der Waals surface area contributed by atoms with Gasteiger partial charge in [0, 0.05) is 31.7 Å². The van der Waals surface area contributed by atoms with Gasteiger partial charge >= 0.3 is 0 Å². The standard InChI is InChI=1S/C15H20N2O/c1-10-3-11(2)5-12(4-10)15(18)17-8-13-6-16-7-14(13)9-17/h3-5,13-14,16H,6-9H2,1-2H3/t13-,14+. The molecule has 2 atom stereocenters. The molecule has 0 aromatic heterocycles. The van der Waals surface area contributed by atoms with E-state index in [1.165, 1.54) is 11.1 Å². The van der Waals surface area contributed by atoms with Crippen molar-refractivity contribution >= 4 is 5.91 Å². The zero-order chi connectivity index (χ0) is 12.7. The summed E-state index contributed by atoms with van der Waals surface area (Å²) in [5.41, 5.74) is 3.18. The number of hydrogen-bond acceptors (Lipinski definition) is 2. The molecule has 0 bridgehead atoms. The third-order valence-electron chi connectivity index (χ3n) is 4.15. The fraction of sp³-hybridized carbons (Fsp3) is 0.533. The highest BCUT2D eigenvalue weighted by atomic mass is 16.2. The molecular formula is C15H20N2O. The summed E-state index contributed by atoms with van der Waals surface area (Å²) in [5.74, 6) is 1.54. The number of amides is 1. The highest BCUT2D eigenvalue weighted by Gasteiger charge is 2.38. The molecule has 0 unspecified atom stereocenters. The van der Waals surface area contributed by atoms with Gasteiger partial charge in [0.25, 0.3) is 5.91 Å². The van der Waals surface area contributed by atoms with Gasteiger partial charge in [-0.25, -0.2) is 0 Å². The minimum atomic E-state index is 0.205. The Morgan fingerprint density at radius 1 is 1.11 bits per heavy atom. The van der Waals surface area contributed by atoms with E-state index in [4.69, 9.17) is 0 Å². The Balaban J connectivity index is 1.78. The second-order valence-corrected chi connectivity index (χ2v) is 5.76. The quantitative estimate of drug-likeness (QED) is 0.813. The molecule has 3 rings (SSSR count). The molecule has 18 heavy (non-hydrogen) atoms. The van der Waals surface area contributed by atoms with Gasteiger partial charge in [0.15, 0.2) is 0 Å². The molecule has 3 nitrogen and oxygen atoms in total. The van der Waals surface area contributed by atoms with E-state index in [-0.39, 0.29) is 5.91 Å². The smallest absolute Gasteiger partial charge is 0.253 e. The maximum absolute atomic E-state index is 12.5. The summed E-state index contributed by atoms with van der Waals surface area (Å²) in [6.45, 7) is 8.08. The molecule has 0 saturated carbocycles. The van der Waals surface area contributed by atoms with Crippen molar-refractivity contribution in [3.05, 3.63) is 34.9 Å². The second-order valence-electron chi connectivity index (χ2n) is 5.76. The molecule has 2 aliphatic rings. The van der Waals surface area contributed by atoms with Crippen molar-refractivity contribution < 1.29 is 4.79 Å². The summed E-state index contributed by atoms with van der Waals surface area (Å²) in [7, 11) is 0. The van der Waals surface area contributed by atoms with E-state index in [1.54, 1.807) is 0 Å². The van der Waals surface area contributed by atoms with Crippen LogP contribution in [0.5, 0.6) is 0 Å². The van der Waals surface area contributed by atoms with E-state index >= 15 is 0 Å². The summed E-state index contributed by atoms with van der Waals surface area (Å²) in [6, 6.07) is 6.11. The zero-order valence-corrected chi connectivity index (χ0v) is 11.1. The van der Waals surface area contributed by atoms with Crippen LogP contribution in [-0.2, 0) is 0 Å². The Morgan fingerprint density at radius 2 is 1.67 bits per heavy atom.